The molecule has 31 heavy (non-hydrogen) atoms. The summed E-state index contributed by atoms with van der Waals surface area (Å²) in [4.78, 5) is 2.73. The normalized spacial score (nSPS) is 19.9. The Hall–Kier alpha value is -1.80. The number of fused-ring (bicyclic) bond motifs is 1. The summed E-state index contributed by atoms with van der Waals surface area (Å²) >= 11 is 0. The zero-order chi connectivity index (χ0) is 22.4. The molecule has 0 radical (unpaired) electrons. The molecule has 0 aliphatic heterocycles. The first kappa shape index (κ1) is 23.9. The third-order valence-electron chi connectivity index (χ3n) is 6.94. The Morgan fingerprint density at radius 1 is 1.03 bits per heavy atom. The van der Waals surface area contributed by atoms with Gasteiger partial charge in [0.15, 0.2) is 0 Å². The van der Waals surface area contributed by atoms with Crippen LogP contribution in [0.1, 0.15) is 90.2 Å². The second kappa shape index (κ2) is 11.2. The van der Waals surface area contributed by atoms with E-state index in [1.54, 1.807) is 11.0 Å². The van der Waals surface area contributed by atoms with Crippen LogP contribution in [0.15, 0.2) is 66.8 Å². The van der Waals surface area contributed by atoms with Crippen LogP contribution in [0.5, 0.6) is 0 Å². The molecule has 1 aromatic rings. The summed E-state index contributed by atoms with van der Waals surface area (Å²) in [5.41, 5.74) is 5.98. The minimum atomic E-state index is 0.375. The fourth-order valence-corrected chi connectivity index (χ4v) is 5.66. The van der Waals surface area contributed by atoms with Gasteiger partial charge in [0.2, 0.25) is 0 Å². The van der Waals surface area contributed by atoms with E-state index in [2.05, 4.69) is 94.6 Å². The van der Waals surface area contributed by atoms with Crippen molar-refractivity contribution in [3.05, 3.63) is 77.9 Å². The molecule has 0 aromatic heterocycles. The van der Waals surface area contributed by atoms with E-state index in [0.29, 0.717) is 30.7 Å². The third kappa shape index (κ3) is 5.53. The van der Waals surface area contributed by atoms with Gasteiger partial charge in [0.1, 0.15) is 0 Å². The molecule has 0 amide bonds. The minimum Gasteiger partial charge on any atom is -0.333 e. The molecular weight excluding hydrogens is 373 g/mol. The van der Waals surface area contributed by atoms with Crippen molar-refractivity contribution >= 4 is 12.3 Å². The Kier molecular flexibility index (Phi) is 8.61. The van der Waals surface area contributed by atoms with Gasteiger partial charge in [-0.3, -0.25) is 0 Å². The van der Waals surface area contributed by atoms with E-state index in [-0.39, 0.29) is 0 Å². The predicted octanol–water partition coefficient (Wildman–Crippen LogP) is 8.23. The van der Waals surface area contributed by atoms with Gasteiger partial charge in [-0.1, -0.05) is 120 Å². The van der Waals surface area contributed by atoms with Crippen molar-refractivity contribution in [2.75, 3.05) is 0 Å². The van der Waals surface area contributed by atoms with Crippen LogP contribution in [-0.2, 0) is 0 Å². The molecule has 1 nitrogen and oxygen atoms in total. The lowest BCUT2D eigenvalue weighted by molar-refractivity contribution is 0.305. The molecule has 2 atom stereocenters. The van der Waals surface area contributed by atoms with E-state index in [1.165, 1.54) is 43.2 Å². The largest absolute Gasteiger partial charge is 0.333 e. The molecular formula is C29H42BN. The molecule has 0 bridgehead atoms. The van der Waals surface area contributed by atoms with E-state index in [4.69, 9.17) is 0 Å². The molecule has 3 rings (SSSR count). The van der Waals surface area contributed by atoms with Gasteiger partial charge in [0.05, 0.1) is 0 Å². The molecule has 0 N–H and O–H groups in total. The Morgan fingerprint density at radius 3 is 2.45 bits per heavy atom. The number of hydrogen-bond acceptors (Lipinski definition) is 1. The molecule has 0 saturated carbocycles. The van der Waals surface area contributed by atoms with E-state index in [0.717, 1.165) is 6.42 Å². The third-order valence-corrected chi connectivity index (χ3v) is 6.94. The van der Waals surface area contributed by atoms with Crippen LogP contribution in [0.3, 0.4) is 0 Å². The molecule has 0 heterocycles. The lowest BCUT2D eigenvalue weighted by Gasteiger charge is -2.39. The number of hydrogen-bond donors (Lipinski definition) is 0. The van der Waals surface area contributed by atoms with Gasteiger partial charge in [-0.25, -0.2) is 0 Å². The fourth-order valence-electron chi connectivity index (χ4n) is 5.66. The molecule has 166 valence electrons. The number of unbranched alkanes of at least 4 members (excludes halogenated alkanes) is 3. The van der Waals surface area contributed by atoms with Crippen molar-refractivity contribution < 1.29 is 0 Å². The molecule has 2 aliphatic rings. The number of rotatable bonds is 12. The zero-order valence-electron chi connectivity index (χ0n) is 20.5. The Labute approximate surface area is 192 Å². The lowest BCUT2D eigenvalue weighted by Crippen LogP contribution is -2.50. The van der Waals surface area contributed by atoms with Crippen LogP contribution in [0.25, 0.3) is 5.47 Å². The average Bonchev–Trinajstić information content (AvgIpc) is 3.34. The first-order valence-corrected chi connectivity index (χ1v) is 12.6. The van der Waals surface area contributed by atoms with Crippen molar-refractivity contribution in [2.45, 2.75) is 97.0 Å². The van der Waals surface area contributed by atoms with Crippen molar-refractivity contribution in [3.63, 3.8) is 0 Å². The van der Waals surface area contributed by atoms with Crippen molar-refractivity contribution in [1.82, 2.24) is 4.81 Å². The number of benzene rings is 1. The van der Waals surface area contributed by atoms with Crippen LogP contribution < -0.4 is 0 Å². The van der Waals surface area contributed by atoms with Crippen molar-refractivity contribution in [2.24, 2.45) is 0 Å². The van der Waals surface area contributed by atoms with Gasteiger partial charge in [-0.2, -0.15) is 0 Å². The van der Waals surface area contributed by atoms with Crippen LogP contribution in [0.4, 0.5) is 0 Å². The number of nitrogens with zero attached hydrogens (tertiary/aromatic N) is 1. The highest BCUT2D eigenvalue weighted by atomic mass is 15.1. The molecule has 1 aromatic carbocycles. The molecule has 0 saturated heterocycles. The van der Waals surface area contributed by atoms with Gasteiger partial charge in [-0.05, 0) is 47.4 Å². The summed E-state index contributed by atoms with van der Waals surface area (Å²) in [6.07, 6.45) is 19.5. The Bertz CT molecular complexity index is 821. The van der Waals surface area contributed by atoms with Gasteiger partial charge < -0.3 is 4.81 Å². The number of allylic oxidation sites excluding steroid dienone is 6. The summed E-state index contributed by atoms with van der Waals surface area (Å²) in [7, 11) is 0. The maximum absolute atomic E-state index is 3.95. The molecule has 2 aliphatic carbocycles. The monoisotopic (exact) mass is 415 g/mol. The lowest BCUT2D eigenvalue weighted by atomic mass is 9.43. The van der Waals surface area contributed by atoms with Gasteiger partial charge in [-0.15, -0.1) is 6.58 Å². The van der Waals surface area contributed by atoms with Crippen LogP contribution in [-0.4, -0.2) is 23.7 Å². The first-order chi connectivity index (χ1) is 15.0. The zero-order valence-corrected chi connectivity index (χ0v) is 20.5. The predicted molar refractivity (Wildman–Crippen MR) is 140 cm³/mol. The summed E-state index contributed by atoms with van der Waals surface area (Å²) in [5, 5.41) is 0. The van der Waals surface area contributed by atoms with E-state index < -0.39 is 0 Å². The highest BCUT2D eigenvalue weighted by Gasteiger charge is 2.40. The SMILES string of the molecule is C=CCC1=CC(B(C2=CC(CCCCCC)c3ccccc32)N(C(C)C)C(C)C)C=C1. The molecule has 0 spiro atoms. The van der Waals surface area contributed by atoms with Crippen molar-refractivity contribution in [3.8, 4) is 0 Å². The molecule has 0 fully saturated rings. The fraction of sp³-hybridized carbons (Fsp3) is 0.517. The smallest absolute Gasteiger partial charge is 0.269 e. The highest BCUT2D eigenvalue weighted by molar-refractivity contribution is 6.79. The standard InChI is InChI=1S/C29H42BN/c1-7-9-10-11-15-25-21-29(28-17-13-12-16-27(25)28)30(31(22(3)4)23(5)6)26-19-18-24(20-26)14-8-2/h8,12-13,16-23,25-26H,2,7,9-11,14-15H2,1,3-6H3. The van der Waals surface area contributed by atoms with Crippen LogP contribution in [0.2, 0.25) is 5.82 Å². The summed E-state index contributed by atoms with van der Waals surface area (Å²) in [5.74, 6) is 0.978. The maximum atomic E-state index is 3.95. The Morgan fingerprint density at radius 2 is 1.77 bits per heavy atom. The quantitative estimate of drug-likeness (QED) is 0.189. The Balaban J connectivity index is 1.99. The average molecular weight is 415 g/mol. The summed E-state index contributed by atoms with van der Waals surface area (Å²) < 4.78 is 0. The van der Waals surface area contributed by atoms with Crippen molar-refractivity contribution in [1.29, 1.82) is 0 Å². The maximum Gasteiger partial charge on any atom is 0.269 e. The second-order valence-electron chi connectivity index (χ2n) is 9.92. The van der Waals surface area contributed by atoms with Gasteiger partial charge >= 0.3 is 0 Å². The van der Waals surface area contributed by atoms with E-state index in [1.807, 2.05) is 6.08 Å². The second-order valence-corrected chi connectivity index (χ2v) is 9.92. The van der Waals surface area contributed by atoms with Crippen LogP contribution in [0, 0.1) is 0 Å². The van der Waals surface area contributed by atoms with Crippen LogP contribution >= 0.6 is 0 Å². The summed E-state index contributed by atoms with van der Waals surface area (Å²) in [6.45, 7) is 16.0. The highest BCUT2D eigenvalue weighted by Crippen LogP contribution is 2.45. The van der Waals surface area contributed by atoms with E-state index in [9.17, 15) is 0 Å². The minimum absolute atomic E-state index is 0.375. The molecule has 2 heteroatoms. The van der Waals surface area contributed by atoms with E-state index >= 15 is 0 Å². The van der Waals surface area contributed by atoms with Gasteiger partial charge in [0, 0.05) is 5.92 Å². The summed E-state index contributed by atoms with van der Waals surface area (Å²) in [6, 6.07) is 10.2. The topological polar surface area (TPSA) is 3.24 Å². The molecule has 2 unspecified atom stereocenters. The van der Waals surface area contributed by atoms with Gasteiger partial charge in [0.25, 0.3) is 6.85 Å². The first-order valence-electron chi connectivity index (χ1n) is 12.6.